The SMILES string of the molecule is COc1cc(N)c([N+](=O)[O-])cc1N(CCN(C)C)N1CN=CC=C1c1cn(C)c2ccccc12. The third-order valence-electron chi connectivity index (χ3n) is 5.86. The number of aliphatic imine (C=N–C) groups is 1. The summed E-state index contributed by atoms with van der Waals surface area (Å²) in [7, 11) is 7.52. The minimum absolute atomic E-state index is 0.0552. The summed E-state index contributed by atoms with van der Waals surface area (Å²) < 4.78 is 7.70. The highest BCUT2D eigenvalue weighted by Crippen LogP contribution is 2.40. The summed E-state index contributed by atoms with van der Waals surface area (Å²) in [6, 6.07) is 11.2. The lowest BCUT2D eigenvalue weighted by atomic mass is 10.1. The first-order valence-corrected chi connectivity index (χ1v) is 10.9. The monoisotopic (exact) mass is 463 g/mol. The number of para-hydroxylation sites is 1. The molecule has 1 aliphatic heterocycles. The van der Waals surface area contributed by atoms with E-state index in [2.05, 4.69) is 32.8 Å². The Labute approximate surface area is 198 Å². The lowest BCUT2D eigenvalue weighted by molar-refractivity contribution is -0.383. The van der Waals surface area contributed by atoms with Crippen LogP contribution in [-0.4, -0.2) is 66.6 Å². The summed E-state index contributed by atoms with van der Waals surface area (Å²) in [6.45, 7) is 1.59. The molecule has 34 heavy (non-hydrogen) atoms. The van der Waals surface area contributed by atoms with Gasteiger partial charge < -0.3 is 19.9 Å². The first-order chi connectivity index (χ1) is 16.3. The highest BCUT2D eigenvalue weighted by molar-refractivity contribution is 5.97. The number of nitrogens with two attached hydrogens (primary N) is 1. The first kappa shape index (κ1) is 23.1. The van der Waals surface area contributed by atoms with Gasteiger partial charge in [-0.15, -0.1) is 0 Å². The molecule has 0 saturated carbocycles. The summed E-state index contributed by atoms with van der Waals surface area (Å²) in [6.07, 6.45) is 5.85. The molecule has 4 rings (SSSR count). The van der Waals surface area contributed by atoms with Gasteiger partial charge in [-0.05, 0) is 26.2 Å². The maximum absolute atomic E-state index is 11.7. The second-order valence-electron chi connectivity index (χ2n) is 8.36. The molecule has 1 aromatic heterocycles. The predicted molar refractivity (Wildman–Crippen MR) is 136 cm³/mol. The fourth-order valence-corrected chi connectivity index (χ4v) is 4.15. The molecule has 178 valence electrons. The number of rotatable bonds is 8. The summed E-state index contributed by atoms with van der Waals surface area (Å²) in [5.74, 6) is 0.452. The quantitative estimate of drug-likeness (QED) is 0.310. The lowest BCUT2D eigenvalue weighted by Gasteiger charge is -2.40. The number of benzene rings is 2. The van der Waals surface area contributed by atoms with Crippen molar-refractivity contribution in [1.82, 2.24) is 14.5 Å². The molecule has 0 amide bonds. The number of hydrogen-bond donors (Lipinski definition) is 1. The average Bonchev–Trinajstić information content (AvgIpc) is 3.16. The van der Waals surface area contributed by atoms with Crippen LogP contribution in [0.2, 0.25) is 0 Å². The van der Waals surface area contributed by atoms with Crippen molar-refractivity contribution in [3.63, 3.8) is 0 Å². The molecule has 3 aromatic rings. The van der Waals surface area contributed by atoms with E-state index in [9.17, 15) is 10.1 Å². The summed E-state index contributed by atoms with van der Waals surface area (Å²) in [5.41, 5.74) is 9.49. The molecule has 0 atom stereocenters. The van der Waals surface area contributed by atoms with Gasteiger partial charge in [0.05, 0.1) is 24.3 Å². The predicted octanol–water partition coefficient (Wildman–Crippen LogP) is 3.35. The molecule has 2 heterocycles. The van der Waals surface area contributed by atoms with Crippen molar-refractivity contribution in [3.8, 4) is 5.75 Å². The van der Waals surface area contributed by atoms with E-state index in [0.717, 1.165) is 22.2 Å². The van der Waals surface area contributed by atoms with Crippen molar-refractivity contribution in [2.24, 2.45) is 12.0 Å². The molecule has 0 unspecified atom stereocenters. The van der Waals surface area contributed by atoms with Gasteiger partial charge in [0, 0.05) is 54.6 Å². The smallest absolute Gasteiger partial charge is 0.294 e. The third kappa shape index (κ3) is 4.27. The van der Waals surface area contributed by atoms with E-state index in [-0.39, 0.29) is 11.4 Å². The Morgan fingerprint density at radius 1 is 1.24 bits per heavy atom. The van der Waals surface area contributed by atoms with Crippen molar-refractivity contribution in [2.45, 2.75) is 0 Å². The number of aryl methyl sites for hydroxylation is 1. The fourth-order valence-electron chi connectivity index (χ4n) is 4.15. The standard InChI is InChI=1S/C24H29N7O3/c1-27(2)11-12-29(23-14-22(31(32)33)19(25)13-24(23)34-4)30-16-26-10-9-21(30)18-15-28(3)20-8-6-5-7-17(18)20/h5-10,13-15H,11-12,16,25H2,1-4H3. The minimum Gasteiger partial charge on any atom is -0.494 e. The largest absolute Gasteiger partial charge is 0.494 e. The Hall–Kier alpha value is -4.05. The maximum atomic E-state index is 11.7. The molecule has 10 heteroatoms. The van der Waals surface area contributed by atoms with E-state index in [1.807, 2.05) is 49.4 Å². The molecule has 0 aliphatic carbocycles. The van der Waals surface area contributed by atoms with Gasteiger partial charge in [-0.1, -0.05) is 18.2 Å². The molecule has 1 aliphatic rings. The molecule has 0 saturated heterocycles. The van der Waals surface area contributed by atoms with Crippen LogP contribution in [0.1, 0.15) is 5.56 Å². The van der Waals surface area contributed by atoms with Gasteiger partial charge in [0.25, 0.3) is 5.69 Å². The maximum Gasteiger partial charge on any atom is 0.294 e. The zero-order chi connectivity index (χ0) is 24.4. The van der Waals surface area contributed by atoms with Gasteiger partial charge in [-0.25, -0.2) is 0 Å². The van der Waals surface area contributed by atoms with Gasteiger partial charge in [0.2, 0.25) is 0 Å². The van der Waals surface area contributed by atoms with Gasteiger partial charge in [0.15, 0.2) is 0 Å². The Bertz CT molecular complexity index is 1280. The van der Waals surface area contributed by atoms with Crippen LogP contribution >= 0.6 is 0 Å². The summed E-state index contributed by atoms with van der Waals surface area (Å²) in [4.78, 5) is 17.7. The van der Waals surface area contributed by atoms with Crippen molar-refractivity contribution < 1.29 is 9.66 Å². The van der Waals surface area contributed by atoms with Crippen molar-refractivity contribution in [3.05, 3.63) is 64.3 Å². The van der Waals surface area contributed by atoms with Crippen molar-refractivity contribution >= 4 is 39.9 Å². The normalized spacial score (nSPS) is 13.4. The number of fused-ring (bicyclic) bond motifs is 1. The lowest BCUT2D eigenvalue weighted by Crippen LogP contribution is -2.46. The highest BCUT2D eigenvalue weighted by Gasteiger charge is 2.28. The van der Waals surface area contributed by atoms with Crippen LogP contribution in [-0.2, 0) is 7.05 Å². The second kappa shape index (κ2) is 9.44. The number of ether oxygens (including phenoxy) is 1. The Morgan fingerprint density at radius 2 is 2.00 bits per heavy atom. The molecule has 0 radical (unpaired) electrons. The van der Waals surface area contributed by atoms with Crippen LogP contribution in [0.3, 0.4) is 0 Å². The Balaban J connectivity index is 1.87. The molecule has 2 aromatic carbocycles. The number of nitro groups is 1. The molecule has 0 spiro atoms. The van der Waals surface area contributed by atoms with E-state index in [0.29, 0.717) is 31.2 Å². The minimum atomic E-state index is -0.474. The highest BCUT2D eigenvalue weighted by atomic mass is 16.6. The van der Waals surface area contributed by atoms with Crippen molar-refractivity contribution in [2.75, 3.05) is 51.7 Å². The number of allylic oxidation sites excluding steroid dienone is 1. The molecule has 10 nitrogen and oxygen atoms in total. The summed E-state index contributed by atoms with van der Waals surface area (Å²) in [5, 5.41) is 16.8. The number of methoxy groups -OCH3 is 1. The topological polar surface area (TPSA) is 105 Å². The second-order valence-corrected chi connectivity index (χ2v) is 8.36. The zero-order valence-electron chi connectivity index (χ0n) is 19.8. The number of likely N-dealkylation sites (N-methyl/N-ethyl adjacent to an activating group) is 1. The van der Waals surface area contributed by atoms with Crippen LogP contribution in [0.25, 0.3) is 16.6 Å². The molecule has 0 fully saturated rings. The summed E-state index contributed by atoms with van der Waals surface area (Å²) >= 11 is 0. The Kier molecular flexibility index (Phi) is 6.42. The van der Waals surface area contributed by atoms with Crippen LogP contribution in [0.15, 0.2) is 53.7 Å². The van der Waals surface area contributed by atoms with Gasteiger partial charge in [-0.3, -0.25) is 25.1 Å². The number of hydrazine groups is 1. The molecule has 0 bridgehead atoms. The van der Waals surface area contributed by atoms with Gasteiger partial charge in [-0.2, -0.15) is 0 Å². The fraction of sp³-hybridized carbons (Fsp3) is 0.292. The van der Waals surface area contributed by atoms with Crippen LogP contribution in [0.5, 0.6) is 5.75 Å². The number of nitrogens with zero attached hydrogens (tertiary/aromatic N) is 6. The van der Waals surface area contributed by atoms with E-state index < -0.39 is 4.92 Å². The van der Waals surface area contributed by atoms with Crippen LogP contribution < -0.4 is 15.5 Å². The van der Waals surface area contributed by atoms with Gasteiger partial charge >= 0.3 is 0 Å². The molecule has 2 N–H and O–H groups in total. The van der Waals surface area contributed by atoms with E-state index >= 15 is 0 Å². The third-order valence-corrected chi connectivity index (χ3v) is 5.86. The number of nitrogen functional groups attached to an aromatic ring is 1. The van der Waals surface area contributed by atoms with Crippen LogP contribution in [0.4, 0.5) is 17.1 Å². The average molecular weight is 464 g/mol. The number of nitro benzene ring substituents is 1. The number of hydrogen-bond acceptors (Lipinski definition) is 8. The first-order valence-electron chi connectivity index (χ1n) is 10.9. The van der Waals surface area contributed by atoms with E-state index in [1.165, 1.54) is 19.2 Å². The Morgan fingerprint density at radius 3 is 2.71 bits per heavy atom. The van der Waals surface area contributed by atoms with E-state index in [4.69, 9.17) is 10.5 Å². The van der Waals surface area contributed by atoms with Crippen LogP contribution in [0, 0.1) is 10.1 Å². The van der Waals surface area contributed by atoms with Gasteiger partial charge in [0.1, 0.15) is 23.8 Å². The zero-order valence-corrected chi connectivity index (χ0v) is 19.8. The molecular weight excluding hydrogens is 434 g/mol. The number of aromatic nitrogens is 1. The van der Waals surface area contributed by atoms with Crippen molar-refractivity contribution in [1.29, 1.82) is 0 Å². The van der Waals surface area contributed by atoms with E-state index in [1.54, 1.807) is 6.21 Å². The molecular formula is C24H29N7O3. The number of anilines is 2.